The summed E-state index contributed by atoms with van der Waals surface area (Å²) in [5.41, 5.74) is 4.59. The van der Waals surface area contributed by atoms with Crippen LogP contribution in [0.1, 0.15) is 54.9 Å². The van der Waals surface area contributed by atoms with Crippen LogP contribution in [0.4, 0.5) is 5.69 Å². The predicted octanol–water partition coefficient (Wildman–Crippen LogP) is 5.57. The first-order valence-corrected chi connectivity index (χ1v) is 12.8. The van der Waals surface area contributed by atoms with Gasteiger partial charge in [0.05, 0.1) is 26.8 Å². The third kappa shape index (κ3) is 4.76. The van der Waals surface area contributed by atoms with E-state index in [4.69, 9.17) is 23.8 Å². The highest BCUT2D eigenvalue weighted by atomic mass is 35.5. The number of amides is 3. The van der Waals surface area contributed by atoms with Crippen molar-refractivity contribution < 1.29 is 14.4 Å². The number of nitrogens with zero attached hydrogens (tertiary/aromatic N) is 2. The average molecular weight is 514 g/mol. The highest BCUT2D eigenvalue weighted by molar-refractivity contribution is 8.26. The van der Waals surface area contributed by atoms with Crippen molar-refractivity contribution in [2.45, 2.75) is 39.0 Å². The van der Waals surface area contributed by atoms with Crippen LogP contribution in [0.5, 0.6) is 0 Å². The molecule has 0 bridgehead atoms. The largest absolute Gasteiger partial charge is 0.308 e. The number of anilines is 1. The van der Waals surface area contributed by atoms with E-state index in [0.717, 1.165) is 48.1 Å². The van der Waals surface area contributed by atoms with Gasteiger partial charge in [0.15, 0.2) is 4.32 Å². The van der Waals surface area contributed by atoms with E-state index in [-0.39, 0.29) is 25.7 Å². The lowest BCUT2D eigenvalue weighted by atomic mass is 10.1. The second-order valence-electron chi connectivity index (χ2n) is 8.02. The van der Waals surface area contributed by atoms with Gasteiger partial charge < -0.3 is 4.90 Å². The number of carbonyl (C=O) groups excluding carboxylic acids is 3. The van der Waals surface area contributed by atoms with Crippen LogP contribution in [-0.2, 0) is 9.59 Å². The summed E-state index contributed by atoms with van der Waals surface area (Å²) in [4.78, 5) is 41.4. The maximum atomic E-state index is 13.5. The van der Waals surface area contributed by atoms with E-state index < -0.39 is 11.8 Å². The zero-order valence-corrected chi connectivity index (χ0v) is 21.1. The molecule has 3 amide bonds. The summed E-state index contributed by atoms with van der Waals surface area (Å²) in [6.07, 6.45) is 5.41. The normalized spacial score (nSPS) is 17.5. The smallest absolute Gasteiger partial charge is 0.286 e. The Bertz CT molecular complexity index is 1200. The van der Waals surface area contributed by atoms with Crippen molar-refractivity contribution in [1.29, 1.82) is 0 Å². The summed E-state index contributed by atoms with van der Waals surface area (Å²) in [5.74, 6) is -1.30. The quantitative estimate of drug-likeness (QED) is 0.284. The van der Waals surface area contributed by atoms with Crippen molar-refractivity contribution in [2.24, 2.45) is 0 Å². The Labute approximate surface area is 213 Å². The first kappa shape index (κ1) is 24.4. The fraction of sp³-hybridized carbons (Fsp3) is 0.280. The number of thioether (sulfide) groups is 1. The molecule has 0 saturated carbocycles. The zero-order valence-electron chi connectivity index (χ0n) is 18.7. The number of halogens is 1. The molecule has 2 aliphatic rings. The number of fused-ring (bicyclic) bond motifs is 1. The molecule has 0 aliphatic carbocycles. The molecule has 2 aromatic carbocycles. The van der Waals surface area contributed by atoms with Gasteiger partial charge in [-0.2, -0.15) is 5.01 Å². The summed E-state index contributed by atoms with van der Waals surface area (Å²) < 4.78 is 0.149. The number of benzene rings is 2. The summed E-state index contributed by atoms with van der Waals surface area (Å²) in [6.45, 7) is 2.76. The minimum atomic E-state index is -0.556. The average Bonchev–Trinajstić information content (AvgIpc) is 3.26. The molecule has 0 spiro atoms. The van der Waals surface area contributed by atoms with Gasteiger partial charge in [0.1, 0.15) is 0 Å². The van der Waals surface area contributed by atoms with Crippen molar-refractivity contribution in [2.75, 3.05) is 11.4 Å². The maximum absolute atomic E-state index is 13.5. The number of hydrogen-bond acceptors (Lipinski definition) is 5. The van der Waals surface area contributed by atoms with E-state index in [1.165, 1.54) is 6.42 Å². The third-order valence-corrected chi connectivity index (χ3v) is 7.44. The van der Waals surface area contributed by atoms with Crippen LogP contribution < -0.4 is 10.3 Å². The Balaban J connectivity index is 1.58. The van der Waals surface area contributed by atoms with Crippen LogP contribution in [0.25, 0.3) is 5.57 Å². The molecule has 0 unspecified atom stereocenters. The van der Waals surface area contributed by atoms with Crippen molar-refractivity contribution in [1.82, 2.24) is 10.4 Å². The number of hydrogen-bond donors (Lipinski definition) is 1. The molecule has 6 nitrogen and oxygen atoms in total. The first-order valence-electron chi connectivity index (χ1n) is 11.2. The standard InChI is InChI=1S/C25H24ClN3O3S2/c1-2-3-4-5-10-15-28-19-14-9-7-12-17(19)20(23(28)31)21-24(32)29(25(33)34-21)27-22(30)16-11-6-8-13-18(16)26/h6-9,11-14H,2-5,10,15H2,1H3,(H,27,30). The molecular weight excluding hydrogens is 490 g/mol. The lowest BCUT2D eigenvalue weighted by molar-refractivity contribution is -0.124. The molecule has 2 heterocycles. The van der Waals surface area contributed by atoms with Crippen LogP contribution >= 0.6 is 35.6 Å². The Kier molecular flexibility index (Phi) is 7.70. The number of rotatable bonds is 8. The highest BCUT2D eigenvalue weighted by Crippen LogP contribution is 2.44. The third-order valence-electron chi connectivity index (χ3n) is 5.74. The minimum Gasteiger partial charge on any atom is -0.308 e. The first-order chi connectivity index (χ1) is 16.4. The highest BCUT2D eigenvalue weighted by Gasteiger charge is 2.42. The van der Waals surface area contributed by atoms with E-state index in [1.807, 2.05) is 24.3 Å². The molecule has 9 heteroatoms. The van der Waals surface area contributed by atoms with Gasteiger partial charge in [0, 0.05) is 12.1 Å². The topological polar surface area (TPSA) is 69.7 Å². The lowest BCUT2D eigenvalue weighted by Gasteiger charge is -2.17. The van der Waals surface area contributed by atoms with Gasteiger partial charge in [-0.1, -0.05) is 86.3 Å². The van der Waals surface area contributed by atoms with Gasteiger partial charge >= 0.3 is 0 Å². The monoisotopic (exact) mass is 513 g/mol. The minimum absolute atomic E-state index is 0.149. The summed E-state index contributed by atoms with van der Waals surface area (Å²) in [5, 5.41) is 1.27. The maximum Gasteiger partial charge on any atom is 0.286 e. The Hall–Kier alpha value is -2.68. The molecular formula is C25H24ClN3O3S2. The van der Waals surface area contributed by atoms with Gasteiger partial charge in [-0.25, -0.2) is 0 Å². The molecule has 1 N–H and O–H groups in total. The fourth-order valence-corrected chi connectivity index (χ4v) is 5.49. The van der Waals surface area contributed by atoms with Gasteiger partial charge in [0.25, 0.3) is 17.7 Å². The zero-order chi connectivity index (χ0) is 24.2. The van der Waals surface area contributed by atoms with Gasteiger partial charge in [0.2, 0.25) is 0 Å². The van der Waals surface area contributed by atoms with E-state index in [1.54, 1.807) is 29.2 Å². The summed E-state index contributed by atoms with van der Waals surface area (Å²) in [6, 6.07) is 14.0. The lowest BCUT2D eigenvalue weighted by Crippen LogP contribution is -2.45. The predicted molar refractivity (Wildman–Crippen MR) is 140 cm³/mol. The summed E-state index contributed by atoms with van der Waals surface area (Å²) in [7, 11) is 0. The van der Waals surface area contributed by atoms with Crippen molar-refractivity contribution in [3.63, 3.8) is 0 Å². The Morgan fingerprint density at radius 2 is 1.71 bits per heavy atom. The number of para-hydroxylation sites is 1. The molecule has 2 aliphatic heterocycles. The van der Waals surface area contributed by atoms with Crippen molar-refractivity contribution >= 4 is 68.9 Å². The number of unbranched alkanes of at least 4 members (excludes halogenated alkanes) is 4. The van der Waals surface area contributed by atoms with Crippen LogP contribution in [0.15, 0.2) is 53.4 Å². The molecule has 0 radical (unpaired) electrons. The molecule has 1 fully saturated rings. The molecule has 0 aromatic heterocycles. The SMILES string of the molecule is CCCCCCCN1C(=O)C(=C2SC(=S)N(NC(=O)c3ccccc3Cl)C2=O)c2ccccc21. The van der Waals surface area contributed by atoms with E-state index >= 15 is 0 Å². The second kappa shape index (κ2) is 10.7. The van der Waals surface area contributed by atoms with Crippen LogP contribution in [0, 0.1) is 0 Å². The molecule has 176 valence electrons. The van der Waals surface area contributed by atoms with Crippen LogP contribution in [0.2, 0.25) is 5.02 Å². The van der Waals surface area contributed by atoms with Crippen LogP contribution in [0.3, 0.4) is 0 Å². The number of carbonyl (C=O) groups is 3. The molecule has 4 rings (SSSR count). The number of thiocarbonyl (C=S) groups is 1. The van der Waals surface area contributed by atoms with Gasteiger partial charge in [-0.05, 0) is 36.8 Å². The second-order valence-corrected chi connectivity index (χ2v) is 10.1. The summed E-state index contributed by atoms with van der Waals surface area (Å²) >= 11 is 12.5. The van der Waals surface area contributed by atoms with Gasteiger partial charge in [-0.3, -0.25) is 19.8 Å². The Morgan fingerprint density at radius 1 is 1.00 bits per heavy atom. The molecule has 2 aromatic rings. The van der Waals surface area contributed by atoms with Gasteiger partial charge in [-0.15, -0.1) is 0 Å². The molecule has 1 saturated heterocycles. The molecule has 0 atom stereocenters. The fourth-order valence-electron chi connectivity index (χ4n) is 4.02. The van der Waals surface area contributed by atoms with E-state index in [2.05, 4.69) is 12.3 Å². The van der Waals surface area contributed by atoms with Crippen molar-refractivity contribution in [3.8, 4) is 0 Å². The molecule has 34 heavy (non-hydrogen) atoms. The van der Waals surface area contributed by atoms with E-state index in [0.29, 0.717) is 17.7 Å². The van der Waals surface area contributed by atoms with Crippen molar-refractivity contribution in [3.05, 3.63) is 69.6 Å². The number of nitrogens with one attached hydrogen (secondary N) is 1. The van der Waals surface area contributed by atoms with E-state index in [9.17, 15) is 14.4 Å². The van der Waals surface area contributed by atoms with Crippen LogP contribution in [-0.4, -0.2) is 33.6 Å². The number of hydrazine groups is 1. The Morgan fingerprint density at radius 3 is 2.47 bits per heavy atom.